The molecule has 0 saturated heterocycles. The van der Waals surface area contributed by atoms with Crippen LogP contribution in [0.5, 0.6) is 0 Å². The topological polar surface area (TPSA) is 61.8 Å². The maximum Gasteiger partial charge on any atom is 0.101 e. The summed E-state index contributed by atoms with van der Waals surface area (Å²) in [5, 5.41) is 14.5. The second-order valence-electron chi connectivity index (χ2n) is 3.99. The Kier molecular flexibility index (Phi) is 3.85. The van der Waals surface area contributed by atoms with E-state index < -0.39 is 0 Å². The average Bonchev–Trinajstić information content (AvgIpc) is 2.84. The van der Waals surface area contributed by atoms with Crippen molar-refractivity contribution in [2.24, 2.45) is 0 Å². The molecular weight excluding hydrogens is 242 g/mol. The minimum absolute atomic E-state index is 0.588. The van der Waals surface area contributed by atoms with Crippen molar-refractivity contribution in [3.8, 4) is 6.07 Å². The molecule has 2 aromatic rings. The molecule has 0 amide bonds. The van der Waals surface area contributed by atoms with Gasteiger partial charge in [-0.15, -0.1) is 11.3 Å². The summed E-state index contributed by atoms with van der Waals surface area (Å²) in [6.45, 7) is 2.90. The van der Waals surface area contributed by atoms with Gasteiger partial charge in [-0.25, -0.2) is 0 Å². The molecule has 0 radical (unpaired) electrons. The van der Waals surface area contributed by atoms with Gasteiger partial charge in [-0.2, -0.15) is 5.26 Å². The quantitative estimate of drug-likeness (QED) is 0.825. The van der Waals surface area contributed by atoms with Crippen molar-refractivity contribution in [2.75, 3.05) is 11.1 Å². The zero-order valence-electron chi connectivity index (χ0n) is 10.2. The van der Waals surface area contributed by atoms with Gasteiger partial charge in [-0.3, -0.25) is 0 Å². The molecule has 0 unspecified atom stereocenters. The van der Waals surface area contributed by atoms with Crippen LogP contribution in [-0.2, 0) is 13.0 Å². The van der Waals surface area contributed by atoms with Crippen molar-refractivity contribution in [1.29, 1.82) is 5.26 Å². The number of nitrogens with one attached hydrogen (secondary N) is 1. The largest absolute Gasteiger partial charge is 0.399 e. The number of nitrogens with two attached hydrogens (primary N) is 1. The summed E-state index contributed by atoms with van der Waals surface area (Å²) in [5.74, 6) is 0. The summed E-state index contributed by atoms with van der Waals surface area (Å²) in [5.41, 5.74) is 9.06. The molecular formula is C14H15N3S. The number of nitrogens with zero attached hydrogens (tertiary/aromatic N) is 1. The first-order valence-electron chi connectivity index (χ1n) is 5.83. The van der Waals surface area contributed by atoms with E-state index in [1.165, 1.54) is 10.4 Å². The highest BCUT2D eigenvalue weighted by Gasteiger charge is 2.05. The molecule has 0 saturated carbocycles. The SMILES string of the molecule is CCc1ccsc1CNc1ccc(N)cc1C#N. The van der Waals surface area contributed by atoms with Crippen molar-refractivity contribution in [2.45, 2.75) is 19.9 Å². The standard InChI is InChI=1S/C14H15N3S/c1-2-10-5-6-18-14(10)9-17-13-4-3-12(16)7-11(13)8-15/h3-7,17H,2,9,16H2,1H3. The Morgan fingerprint density at radius 2 is 2.22 bits per heavy atom. The molecule has 0 bridgehead atoms. The van der Waals surface area contributed by atoms with Crippen LogP contribution in [0.25, 0.3) is 0 Å². The van der Waals surface area contributed by atoms with E-state index in [0.717, 1.165) is 18.7 Å². The third kappa shape index (κ3) is 2.63. The molecule has 0 aliphatic rings. The average molecular weight is 257 g/mol. The van der Waals surface area contributed by atoms with Gasteiger partial charge in [-0.1, -0.05) is 6.92 Å². The van der Waals surface area contributed by atoms with Gasteiger partial charge in [0.1, 0.15) is 6.07 Å². The highest BCUT2D eigenvalue weighted by atomic mass is 32.1. The van der Waals surface area contributed by atoms with Gasteiger partial charge in [0, 0.05) is 17.1 Å². The van der Waals surface area contributed by atoms with Crippen LogP contribution in [0, 0.1) is 11.3 Å². The summed E-state index contributed by atoms with van der Waals surface area (Å²) in [4.78, 5) is 1.32. The molecule has 3 nitrogen and oxygen atoms in total. The Balaban J connectivity index is 2.14. The van der Waals surface area contributed by atoms with Gasteiger partial charge in [0.25, 0.3) is 0 Å². The molecule has 2 rings (SSSR count). The van der Waals surface area contributed by atoms with Gasteiger partial charge >= 0.3 is 0 Å². The minimum atomic E-state index is 0.588. The van der Waals surface area contributed by atoms with E-state index in [9.17, 15) is 0 Å². The normalized spacial score (nSPS) is 10.0. The van der Waals surface area contributed by atoms with Crippen LogP contribution in [0.3, 0.4) is 0 Å². The number of thiophene rings is 1. The van der Waals surface area contributed by atoms with Crippen molar-refractivity contribution in [3.05, 3.63) is 45.6 Å². The summed E-state index contributed by atoms with van der Waals surface area (Å²) in [6, 6.07) is 9.65. The molecule has 0 atom stereocenters. The zero-order chi connectivity index (χ0) is 13.0. The summed E-state index contributed by atoms with van der Waals surface area (Å²) in [6.07, 6.45) is 1.04. The van der Waals surface area contributed by atoms with E-state index in [1.54, 1.807) is 23.5 Å². The summed E-state index contributed by atoms with van der Waals surface area (Å²) in [7, 11) is 0. The van der Waals surface area contributed by atoms with Crippen molar-refractivity contribution < 1.29 is 0 Å². The summed E-state index contributed by atoms with van der Waals surface area (Å²) < 4.78 is 0. The number of hydrogen-bond acceptors (Lipinski definition) is 4. The highest BCUT2D eigenvalue weighted by molar-refractivity contribution is 7.10. The van der Waals surface area contributed by atoms with Gasteiger partial charge < -0.3 is 11.1 Å². The number of aryl methyl sites for hydroxylation is 1. The molecule has 0 aliphatic carbocycles. The van der Waals surface area contributed by atoms with Crippen molar-refractivity contribution in [3.63, 3.8) is 0 Å². The predicted molar refractivity (Wildman–Crippen MR) is 76.6 cm³/mol. The van der Waals surface area contributed by atoms with E-state index in [1.807, 2.05) is 6.07 Å². The van der Waals surface area contributed by atoms with Crippen molar-refractivity contribution >= 4 is 22.7 Å². The maximum atomic E-state index is 9.06. The monoisotopic (exact) mass is 257 g/mol. The van der Waals surface area contributed by atoms with Gasteiger partial charge in [0.05, 0.1) is 11.3 Å². The lowest BCUT2D eigenvalue weighted by Gasteiger charge is -2.09. The van der Waals surface area contributed by atoms with Crippen LogP contribution in [0.2, 0.25) is 0 Å². The molecule has 4 heteroatoms. The number of hydrogen-bond donors (Lipinski definition) is 2. The fourth-order valence-electron chi connectivity index (χ4n) is 1.82. The number of rotatable bonds is 4. The van der Waals surface area contributed by atoms with Gasteiger partial charge in [0.15, 0.2) is 0 Å². The first-order chi connectivity index (χ1) is 8.74. The minimum Gasteiger partial charge on any atom is -0.399 e. The van der Waals surface area contributed by atoms with Crippen LogP contribution in [0.1, 0.15) is 22.9 Å². The lowest BCUT2D eigenvalue weighted by molar-refractivity contribution is 1.08. The van der Waals surface area contributed by atoms with Crippen LogP contribution in [0.15, 0.2) is 29.6 Å². The molecule has 92 valence electrons. The lowest BCUT2D eigenvalue weighted by Crippen LogP contribution is -2.02. The predicted octanol–water partition coefficient (Wildman–Crippen LogP) is 3.38. The molecule has 1 aromatic heterocycles. The fraction of sp³-hybridized carbons (Fsp3) is 0.214. The Morgan fingerprint density at radius 1 is 1.39 bits per heavy atom. The van der Waals surface area contributed by atoms with E-state index in [2.05, 4.69) is 29.8 Å². The first-order valence-corrected chi connectivity index (χ1v) is 6.71. The molecule has 0 fully saturated rings. The molecule has 0 spiro atoms. The van der Waals surface area contributed by atoms with E-state index >= 15 is 0 Å². The molecule has 1 heterocycles. The Labute approximate surface area is 111 Å². The van der Waals surface area contributed by atoms with E-state index in [0.29, 0.717) is 11.3 Å². The third-order valence-electron chi connectivity index (χ3n) is 2.82. The van der Waals surface area contributed by atoms with Crippen LogP contribution in [-0.4, -0.2) is 0 Å². The Bertz CT molecular complexity index is 581. The number of nitriles is 1. The zero-order valence-corrected chi connectivity index (χ0v) is 11.1. The second kappa shape index (κ2) is 5.56. The summed E-state index contributed by atoms with van der Waals surface area (Å²) >= 11 is 1.74. The van der Waals surface area contributed by atoms with Gasteiger partial charge in [0.2, 0.25) is 0 Å². The number of benzene rings is 1. The Morgan fingerprint density at radius 3 is 2.94 bits per heavy atom. The highest BCUT2D eigenvalue weighted by Crippen LogP contribution is 2.22. The van der Waals surface area contributed by atoms with Gasteiger partial charge in [-0.05, 0) is 41.6 Å². The van der Waals surface area contributed by atoms with E-state index in [-0.39, 0.29) is 0 Å². The van der Waals surface area contributed by atoms with Crippen LogP contribution in [0.4, 0.5) is 11.4 Å². The van der Waals surface area contributed by atoms with Crippen LogP contribution < -0.4 is 11.1 Å². The first kappa shape index (κ1) is 12.5. The molecule has 0 aliphatic heterocycles. The second-order valence-corrected chi connectivity index (χ2v) is 4.99. The number of nitrogen functional groups attached to an aromatic ring is 1. The lowest BCUT2D eigenvalue weighted by atomic mass is 10.1. The number of anilines is 2. The fourth-order valence-corrected chi connectivity index (χ4v) is 2.74. The third-order valence-corrected chi connectivity index (χ3v) is 3.79. The van der Waals surface area contributed by atoms with Crippen LogP contribution >= 0.6 is 11.3 Å². The maximum absolute atomic E-state index is 9.06. The smallest absolute Gasteiger partial charge is 0.101 e. The van der Waals surface area contributed by atoms with E-state index in [4.69, 9.17) is 11.0 Å². The van der Waals surface area contributed by atoms with Crippen molar-refractivity contribution in [1.82, 2.24) is 0 Å². The molecule has 18 heavy (non-hydrogen) atoms. The molecule has 1 aromatic carbocycles. The Hall–Kier alpha value is -1.99. The molecule has 3 N–H and O–H groups in total.